The molecule has 1 amide bonds. The van der Waals surface area contributed by atoms with Gasteiger partial charge in [0.2, 0.25) is 5.91 Å². The maximum absolute atomic E-state index is 13.2. The molecule has 2 rings (SSSR count). The lowest BCUT2D eigenvalue weighted by Crippen LogP contribution is -2.13. The zero-order valence-electron chi connectivity index (χ0n) is 10.2. The van der Waals surface area contributed by atoms with Gasteiger partial charge in [0, 0.05) is 4.90 Å². The van der Waals surface area contributed by atoms with Gasteiger partial charge in [0.15, 0.2) is 0 Å². The van der Waals surface area contributed by atoms with Crippen molar-refractivity contribution in [3.63, 3.8) is 0 Å². The second-order valence-corrected chi connectivity index (χ2v) is 5.76. The number of anilines is 2. The summed E-state index contributed by atoms with van der Waals surface area (Å²) in [5.41, 5.74) is 5.89. The minimum Gasteiger partial charge on any atom is -0.396 e. The summed E-state index contributed by atoms with van der Waals surface area (Å²) in [6, 6.07) is 8.04. The molecule has 0 fully saturated rings. The summed E-state index contributed by atoms with van der Waals surface area (Å²) in [4.78, 5) is 12.4. The lowest BCUT2D eigenvalue weighted by molar-refractivity contribution is -0.113. The van der Waals surface area contributed by atoms with Gasteiger partial charge in [-0.1, -0.05) is 0 Å². The Morgan fingerprint density at radius 1 is 1.50 bits per heavy atom. The van der Waals surface area contributed by atoms with Gasteiger partial charge in [0.05, 0.1) is 17.0 Å². The zero-order valence-corrected chi connectivity index (χ0v) is 11.9. The normalized spacial score (nSPS) is 10.0. The first kappa shape index (κ1) is 14.4. The molecule has 1 heterocycles. The van der Waals surface area contributed by atoms with E-state index in [2.05, 4.69) is 5.32 Å². The van der Waals surface area contributed by atoms with Crippen LogP contribution in [-0.4, -0.2) is 11.7 Å². The summed E-state index contributed by atoms with van der Waals surface area (Å²) in [5.74, 6) is -0.613. The van der Waals surface area contributed by atoms with E-state index in [-0.39, 0.29) is 17.3 Å². The van der Waals surface area contributed by atoms with Crippen molar-refractivity contribution in [3.05, 3.63) is 41.0 Å². The monoisotopic (exact) mass is 307 g/mol. The molecule has 0 atom stereocenters. The highest BCUT2D eigenvalue weighted by Gasteiger charge is 2.09. The van der Waals surface area contributed by atoms with Crippen LogP contribution in [0.25, 0.3) is 0 Å². The van der Waals surface area contributed by atoms with Gasteiger partial charge in [-0.3, -0.25) is 4.79 Å². The molecule has 0 aliphatic rings. The molecule has 0 saturated carbocycles. The van der Waals surface area contributed by atoms with Gasteiger partial charge < -0.3 is 11.1 Å². The Morgan fingerprint density at radius 2 is 2.30 bits per heavy atom. The van der Waals surface area contributed by atoms with Gasteiger partial charge in [0.25, 0.3) is 0 Å². The van der Waals surface area contributed by atoms with Crippen LogP contribution in [0.5, 0.6) is 0 Å². The van der Waals surface area contributed by atoms with E-state index in [1.165, 1.54) is 35.2 Å². The van der Waals surface area contributed by atoms with Crippen molar-refractivity contribution >= 4 is 39.7 Å². The Kier molecular flexibility index (Phi) is 4.61. The smallest absolute Gasteiger partial charge is 0.235 e. The molecule has 0 aliphatic heterocycles. The molecular formula is C13H10FN3OS2. The molecule has 7 heteroatoms. The molecule has 102 valence electrons. The molecule has 0 spiro atoms. The number of nitrogens with two attached hydrogens (primary N) is 1. The number of hydrogen-bond donors (Lipinski definition) is 2. The number of nitrogens with one attached hydrogen (secondary N) is 1. The van der Waals surface area contributed by atoms with Gasteiger partial charge in [-0.2, -0.15) is 5.26 Å². The highest BCUT2D eigenvalue weighted by Crippen LogP contribution is 2.24. The number of carbonyl (C=O) groups excluding carboxylic acids is 1. The molecule has 1 aromatic heterocycles. The Balaban J connectivity index is 1.92. The lowest BCUT2D eigenvalue weighted by atomic mass is 10.3. The zero-order chi connectivity index (χ0) is 14.5. The number of nitrogens with zero attached hydrogens (tertiary/aromatic N) is 1. The number of nitrogen functional groups attached to an aromatic ring is 1. The fraction of sp³-hybridized carbons (Fsp3) is 0.0769. The summed E-state index contributed by atoms with van der Waals surface area (Å²) in [6.07, 6.45) is 0. The molecule has 0 bridgehead atoms. The number of nitriles is 1. The van der Waals surface area contributed by atoms with Crippen LogP contribution in [0.15, 0.2) is 34.5 Å². The first-order valence-electron chi connectivity index (χ1n) is 5.55. The summed E-state index contributed by atoms with van der Waals surface area (Å²) >= 11 is 2.49. The number of hydrogen-bond acceptors (Lipinski definition) is 5. The summed E-state index contributed by atoms with van der Waals surface area (Å²) in [5, 5.41) is 13.7. The van der Waals surface area contributed by atoms with Crippen LogP contribution in [0, 0.1) is 17.1 Å². The average Bonchev–Trinajstić information content (AvgIpc) is 2.87. The third-order valence-electron chi connectivity index (χ3n) is 2.38. The molecule has 0 radical (unpaired) electrons. The van der Waals surface area contributed by atoms with E-state index in [9.17, 15) is 9.18 Å². The molecule has 4 nitrogen and oxygen atoms in total. The van der Waals surface area contributed by atoms with E-state index in [1.54, 1.807) is 17.5 Å². The second-order valence-electron chi connectivity index (χ2n) is 3.80. The van der Waals surface area contributed by atoms with Crippen molar-refractivity contribution in [2.75, 3.05) is 16.8 Å². The molecule has 0 aliphatic carbocycles. The second kappa shape index (κ2) is 6.41. The average molecular weight is 307 g/mol. The number of thiophene rings is 1. The molecule has 1 aromatic carbocycles. The number of carbonyl (C=O) groups is 1. The van der Waals surface area contributed by atoms with E-state index >= 15 is 0 Å². The van der Waals surface area contributed by atoms with Gasteiger partial charge in [0.1, 0.15) is 16.9 Å². The van der Waals surface area contributed by atoms with E-state index in [1.807, 2.05) is 6.07 Å². The van der Waals surface area contributed by atoms with Crippen LogP contribution in [0.2, 0.25) is 0 Å². The van der Waals surface area contributed by atoms with Gasteiger partial charge in [-0.25, -0.2) is 4.39 Å². The van der Waals surface area contributed by atoms with E-state index < -0.39 is 5.82 Å². The molecule has 0 saturated heterocycles. The topological polar surface area (TPSA) is 78.9 Å². The Bertz CT molecular complexity index is 678. The quantitative estimate of drug-likeness (QED) is 0.672. The van der Waals surface area contributed by atoms with Crippen molar-refractivity contribution in [1.82, 2.24) is 0 Å². The van der Waals surface area contributed by atoms with Crippen molar-refractivity contribution < 1.29 is 9.18 Å². The largest absolute Gasteiger partial charge is 0.396 e. The number of amides is 1. The summed E-state index contributed by atoms with van der Waals surface area (Å²) < 4.78 is 13.2. The summed E-state index contributed by atoms with van der Waals surface area (Å²) in [7, 11) is 0. The third-order valence-corrected chi connectivity index (χ3v) is 4.20. The highest BCUT2D eigenvalue weighted by molar-refractivity contribution is 8.00. The van der Waals surface area contributed by atoms with Crippen molar-refractivity contribution in [2.24, 2.45) is 0 Å². The SMILES string of the molecule is N#Cc1ccsc1NC(=O)CSc1ccc(N)c(F)c1. The van der Waals surface area contributed by atoms with Gasteiger partial charge in [-0.05, 0) is 29.6 Å². The Morgan fingerprint density at radius 3 is 3.00 bits per heavy atom. The van der Waals surface area contributed by atoms with Gasteiger partial charge >= 0.3 is 0 Å². The van der Waals surface area contributed by atoms with Crippen LogP contribution in [0.4, 0.5) is 15.1 Å². The standard InChI is InChI=1S/C13H10FN3OS2/c14-10-5-9(1-2-11(10)16)20-7-12(18)17-13-8(6-15)3-4-19-13/h1-5H,7,16H2,(H,17,18). The number of benzene rings is 1. The Hall–Kier alpha value is -2.04. The number of rotatable bonds is 4. The predicted molar refractivity (Wildman–Crippen MR) is 79.2 cm³/mol. The van der Waals surface area contributed by atoms with Crippen LogP contribution >= 0.6 is 23.1 Å². The Labute approximate surface area is 123 Å². The van der Waals surface area contributed by atoms with E-state index in [0.29, 0.717) is 15.5 Å². The summed E-state index contributed by atoms with van der Waals surface area (Å²) in [6.45, 7) is 0. The van der Waals surface area contributed by atoms with E-state index in [0.717, 1.165) is 0 Å². The van der Waals surface area contributed by atoms with Crippen LogP contribution in [-0.2, 0) is 4.79 Å². The molecular weight excluding hydrogens is 297 g/mol. The highest BCUT2D eigenvalue weighted by atomic mass is 32.2. The fourth-order valence-corrected chi connectivity index (χ4v) is 2.88. The predicted octanol–water partition coefficient (Wildman–Crippen LogP) is 3.07. The lowest BCUT2D eigenvalue weighted by Gasteiger charge is -2.04. The third kappa shape index (κ3) is 3.50. The van der Waals surface area contributed by atoms with Crippen molar-refractivity contribution in [1.29, 1.82) is 5.26 Å². The van der Waals surface area contributed by atoms with Gasteiger partial charge in [-0.15, -0.1) is 23.1 Å². The van der Waals surface area contributed by atoms with Crippen molar-refractivity contribution in [2.45, 2.75) is 4.90 Å². The first-order valence-corrected chi connectivity index (χ1v) is 7.42. The molecule has 2 aromatic rings. The van der Waals surface area contributed by atoms with Crippen LogP contribution in [0.3, 0.4) is 0 Å². The first-order chi connectivity index (χ1) is 9.60. The fourth-order valence-electron chi connectivity index (χ4n) is 1.40. The maximum atomic E-state index is 13.2. The minimum atomic E-state index is -0.500. The van der Waals surface area contributed by atoms with Crippen LogP contribution < -0.4 is 11.1 Å². The number of thioether (sulfide) groups is 1. The molecule has 3 N–H and O–H groups in total. The molecule has 20 heavy (non-hydrogen) atoms. The maximum Gasteiger partial charge on any atom is 0.235 e. The number of halogens is 1. The minimum absolute atomic E-state index is 0.0797. The van der Waals surface area contributed by atoms with Crippen molar-refractivity contribution in [3.8, 4) is 6.07 Å². The van der Waals surface area contributed by atoms with E-state index in [4.69, 9.17) is 11.0 Å². The molecule has 0 unspecified atom stereocenters. The van der Waals surface area contributed by atoms with Crippen LogP contribution in [0.1, 0.15) is 5.56 Å².